The van der Waals surface area contributed by atoms with E-state index in [0.29, 0.717) is 12.3 Å². The minimum atomic E-state index is 0.140. The molecule has 4 rings (SSSR count). The lowest BCUT2D eigenvalue weighted by Crippen LogP contribution is -2.30. The van der Waals surface area contributed by atoms with Gasteiger partial charge in [0.15, 0.2) is 0 Å². The van der Waals surface area contributed by atoms with Crippen molar-refractivity contribution in [1.82, 2.24) is 9.97 Å². The summed E-state index contributed by atoms with van der Waals surface area (Å²) in [6.07, 6.45) is 4.04. The zero-order chi connectivity index (χ0) is 15.1. The summed E-state index contributed by atoms with van der Waals surface area (Å²) in [5, 5.41) is 1.02. The van der Waals surface area contributed by atoms with E-state index in [2.05, 4.69) is 23.0 Å². The summed E-state index contributed by atoms with van der Waals surface area (Å²) in [5.41, 5.74) is 4.15. The van der Waals surface area contributed by atoms with Crippen LogP contribution in [0.4, 0.5) is 5.69 Å². The second kappa shape index (κ2) is 4.98. The van der Waals surface area contributed by atoms with Gasteiger partial charge in [0.05, 0.1) is 6.42 Å². The Labute approximate surface area is 128 Å². The highest BCUT2D eigenvalue weighted by atomic mass is 16.2. The zero-order valence-electron chi connectivity index (χ0n) is 12.4. The summed E-state index contributed by atoms with van der Waals surface area (Å²) in [6.45, 7) is 2.93. The van der Waals surface area contributed by atoms with Crippen LogP contribution in [0, 0.1) is 0 Å². The Hall–Kier alpha value is -2.62. The number of pyridine rings is 1. The van der Waals surface area contributed by atoms with Gasteiger partial charge in [-0.25, -0.2) is 4.98 Å². The second-order valence-corrected chi connectivity index (χ2v) is 5.85. The molecule has 1 N–H and O–H groups in total. The van der Waals surface area contributed by atoms with Gasteiger partial charge >= 0.3 is 0 Å². The highest BCUT2D eigenvalue weighted by molar-refractivity contribution is 5.99. The van der Waals surface area contributed by atoms with Gasteiger partial charge in [0.1, 0.15) is 5.65 Å². The number of carbonyl (C=O) groups is 1. The average Bonchev–Trinajstić information content (AvgIpc) is 3.10. The molecule has 4 heteroatoms. The highest BCUT2D eigenvalue weighted by Gasteiger charge is 2.29. The third-order valence-corrected chi connectivity index (χ3v) is 4.39. The number of aromatic amines is 1. The fourth-order valence-electron chi connectivity index (χ4n) is 3.27. The summed E-state index contributed by atoms with van der Waals surface area (Å²) >= 11 is 0. The number of hydrogen-bond donors (Lipinski definition) is 1. The van der Waals surface area contributed by atoms with E-state index < -0.39 is 0 Å². The van der Waals surface area contributed by atoms with Crippen molar-refractivity contribution in [2.24, 2.45) is 0 Å². The molecule has 0 radical (unpaired) electrons. The molecule has 0 bridgehead atoms. The van der Waals surface area contributed by atoms with Gasteiger partial charge in [-0.3, -0.25) is 4.79 Å². The predicted octanol–water partition coefficient (Wildman–Crippen LogP) is 3.26. The average molecular weight is 291 g/mol. The van der Waals surface area contributed by atoms with Crippen molar-refractivity contribution in [2.45, 2.75) is 19.3 Å². The molecular weight excluding hydrogens is 274 g/mol. The number of carbonyl (C=O) groups excluding carboxylic acids is 1. The van der Waals surface area contributed by atoms with Crippen LogP contribution in [0.1, 0.15) is 24.0 Å². The van der Waals surface area contributed by atoms with Crippen molar-refractivity contribution in [3.63, 3.8) is 0 Å². The number of aromatic nitrogens is 2. The molecule has 1 unspecified atom stereocenters. The highest BCUT2D eigenvalue weighted by Crippen LogP contribution is 2.36. The fraction of sp³-hybridized carbons (Fsp3) is 0.222. The molecule has 1 atom stereocenters. The van der Waals surface area contributed by atoms with Crippen molar-refractivity contribution in [2.75, 3.05) is 11.4 Å². The number of H-pyrrole nitrogens is 1. The first-order valence-corrected chi connectivity index (χ1v) is 7.54. The molecule has 110 valence electrons. The van der Waals surface area contributed by atoms with Gasteiger partial charge in [-0.1, -0.05) is 25.1 Å². The molecule has 0 saturated heterocycles. The minimum Gasteiger partial charge on any atom is -0.346 e. The molecule has 22 heavy (non-hydrogen) atoms. The van der Waals surface area contributed by atoms with Crippen LogP contribution in [-0.2, 0) is 11.2 Å². The Kier molecular flexibility index (Phi) is 2.96. The molecule has 3 heterocycles. The maximum absolute atomic E-state index is 12.8. The first-order chi connectivity index (χ1) is 10.7. The van der Waals surface area contributed by atoms with E-state index in [1.807, 2.05) is 41.4 Å². The summed E-state index contributed by atoms with van der Waals surface area (Å²) in [4.78, 5) is 22.1. The predicted molar refractivity (Wildman–Crippen MR) is 87.0 cm³/mol. The number of fused-ring (bicyclic) bond motifs is 2. The standard InChI is InChI=1S/C18H17N3O/c1-12-11-21(16-7-3-2-5-14(12)16)17(22)9-13-10-20-18-15(13)6-4-8-19-18/h2-8,10,12H,9,11H2,1H3,(H,19,20). The Morgan fingerprint density at radius 3 is 3.09 bits per heavy atom. The summed E-state index contributed by atoms with van der Waals surface area (Å²) in [6, 6.07) is 12.1. The van der Waals surface area contributed by atoms with Crippen LogP contribution < -0.4 is 4.90 Å². The van der Waals surface area contributed by atoms with Gasteiger partial charge in [-0.15, -0.1) is 0 Å². The van der Waals surface area contributed by atoms with Gasteiger partial charge in [-0.2, -0.15) is 0 Å². The first-order valence-electron chi connectivity index (χ1n) is 7.54. The SMILES string of the molecule is CC1CN(C(=O)Cc2c[nH]c3ncccc23)c2ccccc21. The molecule has 1 aliphatic heterocycles. The normalized spacial score (nSPS) is 17.0. The van der Waals surface area contributed by atoms with E-state index in [0.717, 1.165) is 28.8 Å². The molecule has 2 aromatic heterocycles. The van der Waals surface area contributed by atoms with Crippen LogP contribution in [-0.4, -0.2) is 22.4 Å². The van der Waals surface area contributed by atoms with Crippen LogP contribution >= 0.6 is 0 Å². The summed E-state index contributed by atoms with van der Waals surface area (Å²) in [5.74, 6) is 0.534. The fourth-order valence-corrected chi connectivity index (χ4v) is 3.27. The van der Waals surface area contributed by atoms with Gasteiger partial charge in [0, 0.05) is 35.9 Å². The molecule has 4 nitrogen and oxygen atoms in total. The van der Waals surface area contributed by atoms with Crippen molar-refractivity contribution in [3.8, 4) is 0 Å². The van der Waals surface area contributed by atoms with E-state index in [9.17, 15) is 4.79 Å². The molecule has 0 saturated carbocycles. The van der Waals surface area contributed by atoms with Crippen molar-refractivity contribution in [3.05, 3.63) is 59.9 Å². The van der Waals surface area contributed by atoms with Crippen molar-refractivity contribution < 1.29 is 4.79 Å². The molecular formula is C18H17N3O. The molecule has 1 aliphatic rings. The number of nitrogens with zero attached hydrogens (tertiary/aromatic N) is 2. The second-order valence-electron chi connectivity index (χ2n) is 5.85. The van der Waals surface area contributed by atoms with E-state index >= 15 is 0 Å². The van der Waals surface area contributed by atoms with Crippen LogP contribution in [0.15, 0.2) is 48.8 Å². The van der Waals surface area contributed by atoms with E-state index in [-0.39, 0.29) is 5.91 Å². The number of hydrogen-bond acceptors (Lipinski definition) is 2. The van der Waals surface area contributed by atoms with Gasteiger partial charge in [0.25, 0.3) is 0 Å². The topological polar surface area (TPSA) is 49.0 Å². The number of anilines is 1. The Morgan fingerprint density at radius 1 is 1.32 bits per heavy atom. The lowest BCUT2D eigenvalue weighted by Gasteiger charge is -2.17. The largest absolute Gasteiger partial charge is 0.346 e. The third kappa shape index (κ3) is 1.99. The lowest BCUT2D eigenvalue weighted by atomic mass is 10.0. The summed E-state index contributed by atoms with van der Waals surface area (Å²) < 4.78 is 0. The maximum atomic E-state index is 12.8. The minimum absolute atomic E-state index is 0.140. The Morgan fingerprint density at radius 2 is 2.18 bits per heavy atom. The van der Waals surface area contributed by atoms with Crippen molar-refractivity contribution >= 4 is 22.6 Å². The molecule has 1 amide bonds. The number of nitrogens with one attached hydrogen (secondary N) is 1. The molecule has 3 aromatic rings. The van der Waals surface area contributed by atoms with E-state index in [4.69, 9.17) is 0 Å². The van der Waals surface area contributed by atoms with Crippen molar-refractivity contribution in [1.29, 1.82) is 0 Å². The van der Waals surface area contributed by atoms with Crippen LogP contribution in [0.25, 0.3) is 11.0 Å². The third-order valence-electron chi connectivity index (χ3n) is 4.39. The number of amides is 1. The van der Waals surface area contributed by atoms with E-state index in [1.165, 1.54) is 5.56 Å². The first kappa shape index (κ1) is 13.1. The molecule has 0 spiro atoms. The van der Waals surface area contributed by atoms with Crippen LogP contribution in [0.2, 0.25) is 0 Å². The molecule has 1 aromatic carbocycles. The number of para-hydroxylation sites is 1. The van der Waals surface area contributed by atoms with Crippen LogP contribution in [0.5, 0.6) is 0 Å². The molecule has 0 fully saturated rings. The quantitative estimate of drug-likeness (QED) is 0.788. The van der Waals surface area contributed by atoms with Gasteiger partial charge in [0.2, 0.25) is 5.91 Å². The smallest absolute Gasteiger partial charge is 0.231 e. The van der Waals surface area contributed by atoms with Crippen LogP contribution in [0.3, 0.4) is 0 Å². The Bertz CT molecular complexity index is 852. The number of rotatable bonds is 2. The monoisotopic (exact) mass is 291 g/mol. The Balaban J connectivity index is 1.64. The zero-order valence-corrected chi connectivity index (χ0v) is 12.4. The lowest BCUT2D eigenvalue weighted by molar-refractivity contribution is -0.117. The molecule has 0 aliphatic carbocycles. The van der Waals surface area contributed by atoms with E-state index in [1.54, 1.807) is 6.20 Å². The number of benzene rings is 1. The summed E-state index contributed by atoms with van der Waals surface area (Å²) in [7, 11) is 0. The maximum Gasteiger partial charge on any atom is 0.231 e. The van der Waals surface area contributed by atoms with Gasteiger partial charge < -0.3 is 9.88 Å². The van der Waals surface area contributed by atoms with Gasteiger partial charge in [-0.05, 0) is 29.3 Å².